The Bertz CT molecular complexity index is 398. The van der Waals surface area contributed by atoms with Crippen molar-refractivity contribution >= 4 is 0 Å². The zero-order valence-electron chi connectivity index (χ0n) is 8.43. The van der Waals surface area contributed by atoms with Gasteiger partial charge in [0.2, 0.25) is 0 Å². The largest absolute Gasteiger partial charge is 0.496 e. The summed E-state index contributed by atoms with van der Waals surface area (Å²) in [5.74, 6) is 0.846. The molecule has 0 saturated heterocycles. The molecule has 3 heteroatoms. The zero-order chi connectivity index (χ0) is 10.4. The summed E-state index contributed by atoms with van der Waals surface area (Å²) in [6, 6.07) is 3.79. The number of hydrogen-bond acceptors (Lipinski definition) is 3. The van der Waals surface area contributed by atoms with Gasteiger partial charge in [0, 0.05) is 11.1 Å². The highest BCUT2D eigenvalue weighted by Gasteiger charge is 2.37. The second-order valence-corrected chi connectivity index (χ2v) is 3.77. The van der Waals surface area contributed by atoms with Crippen molar-refractivity contribution in [2.24, 2.45) is 0 Å². The first kappa shape index (κ1) is 8.95. The number of rotatable bonds is 2. The van der Waals surface area contributed by atoms with Crippen molar-refractivity contribution in [3.8, 4) is 5.75 Å². The van der Waals surface area contributed by atoms with Crippen molar-refractivity contribution in [3.05, 3.63) is 41.0 Å². The number of aliphatic hydroxyl groups excluding tert-OH is 1. The summed E-state index contributed by atoms with van der Waals surface area (Å²) in [6.07, 6.45) is 4.08. The van der Waals surface area contributed by atoms with Gasteiger partial charge in [-0.15, -0.1) is 0 Å². The summed E-state index contributed by atoms with van der Waals surface area (Å²) >= 11 is 0. The molecule has 1 aromatic rings. The van der Waals surface area contributed by atoms with E-state index in [2.05, 4.69) is 0 Å². The van der Waals surface area contributed by atoms with Crippen LogP contribution in [0.3, 0.4) is 0 Å². The predicted octanol–water partition coefficient (Wildman–Crippen LogP) is 1.87. The maximum atomic E-state index is 9.27. The second kappa shape index (κ2) is 3.08. The molecular weight excluding hydrogens is 192 g/mol. The molecule has 0 aromatic heterocycles. The molecule has 3 nitrogen and oxygen atoms in total. The van der Waals surface area contributed by atoms with Gasteiger partial charge in [0.05, 0.1) is 13.7 Å². The number of fused-ring (bicyclic) bond motifs is 5. The minimum atomic E-state index is 0.00208. The molecule has 3 rings (SSSR count). The molecule has 2 heterocycles. The van der Waals surface area contributed by atoms with Gasteiger partial charge in [-0.05, 0) is 11.6 Å². The van der Waals surface area contributed by atoms with Gasteiger partial charge in [0.25, 0.3) is 0 Å². The van der Waals surface area contributed by atoms with Gasteiger partial charge >= 0.3 is 0 Å². The maximum absolute atomic E-state index is 9.27. The third-order valence-corrected chi connectivity index (χ3v) is 3.05. The first-order valence-electron chi connectivity index (χ1n) is 4.99. The van der Waals surface area contributed by atoms with Gasteiger partial charge in [0.1, 0.15) is 18.0 Å². The fourth-order valence-corrected chi connectivity index (χ4v) is 2.39. The first-order valence-corrected chi connectivity index (χ1v) is 4.99. The van der Waals surface area contributed by atoms with Crippen LogP contribution in [0.4, 0.5) is 0 Å². The van der Waals surface area contributed by atoms with E-state index < -0.39 is 0 Å². The molecule has 1 aromatic carbocycles. The topological polar surface area (TPSA) is 38.7 Å². The Morgan fingerprint density at radius 1 is 1.27 bits per heavy atom. The highest BCUT2D eigenvalue weighted by Crippen LogP contribution is 2.50. The fraction of sp³-hybridized carbons (Fsp3) is 0.333. The molecule has 2 atom stereocenters. The standard InChI is InChI=1S/C12H12O3/c1-14-8-3-2-7(6-13)11-9-4-5-10(15-9)12(8)11/h2-5,9-10,13H,6H2,1H3. The van der Waals surface area contributed by atoms with Crippen molar-refractivity contribution < 1.29 is 14.6 Å². The van der Waals surface area contributed by atoms with E-state index in [1.165, 1.54) is 0 Å². The van der Waals surface area contributed by atoms with E-state index in [1.54, 1.807) is 7.11 Å². The van der Waals surface area contributed by atoms with Crippen LogP contribution in [-0.2, 0) is 11.3 Å². The third-order valence-electron chi connectivity index (χ3n) is 3.05. The SMILES string of the molecule is COc1ccc(CO)c2c1C1C=CC2O1. The van der Waals surface area contributed by atoms with Gasteiger partial charge < -0.3 is 14.6 Å². The summed E-state index contributed by atoms with van der Waals surface area (Å²) in [4.78, 5) is 0. The summed E-state index contributed by atoms with van der Waals surface area (Å²) in [5.41, 5.74) is 3.10. The summed E-state index contributed by atoms with van der Waals surface area (Å²) < 4.78 is 11.0. The Labute approximate surface area is 87.9 Å². The van der Waals surface area contributed by atoms with E-state index in [0.717, 1.165) is 22.4 Å². The number of methoxy groups -OCH3 is 1. The van der Waals surface area contributed by atoms with Crippen LogP contribution < -0.4 is 4.74 Å². The van der Waals surface area contributed by atoms with Gasteiger partial charge in [-0.2, -0.15) is 0 Å². The lowest BCUT2D eigenvalue weighted by Crippen LogP contribution is -2.02. The van der Waals surface area contributed by atoms with Crippen LogP contribution in [0.15, 0.2) is 24.3 Å². The lowest BCUT2D eigenvalue weighted by Gasteiger charge is -2.14. The molecule has 15 heavy (non-hydrogen) atoms. The number of hydrogen-bond donors (Lipinski definition) is 1. The Morgan fingerprint density at radius 3 is 2.67 bits per heavy atom. The summed E-state index contributed by atoms with van der Waals surface area (Å²) in [6.45, 7) is 0.0484. The highest BCUT2D eigenvalue weighted by atomic mass is 16.5. The maximum Gasteiger partial charge on any atom is 0.125 e. The molecule has 0 spiro atoms. The van der Waals surface area contributed by atoms with Crippen LogP contribution in [0.1, 0.15) is 28.9 Å². The van der Waals surface area contributed by atoms with E-state index in [1.807, 2.05) is 24.3 Å². The second-order valence-electron chi connectivity index (χ2n) is 3.77. The summed E-state index contributed by atoms with van der Waals surface area (Å²) in [7, 11) is 1.66. The van der Waals surface area contributed by atoms with Crippen molar-refractivity contribution in [1.82, 2.24) is 0 Å². The molecule has 2 bridgehead atoms. The minimum Gasteiger partial charge on any atom is -0.496 e. The lowest BCUT2D eigenvalue weighted by atomic mass is 9.92. The predicted molar refractivity (Wildman–Crippen MR) is 54.6 cm³/mol. The van der Waals surface area contributed by atoms with Gasteiger partial charge in [-0.3, -0.25) is 0 Å². The van der Waals surface area contributed by atoms with E-state index in [9.17, 15) is 5.11 Å². The molecule has 0 amide bonds. The normalized spacial score (nSPS) is 25.7. The van der Waals surface area contributed by atoms with Crippen molar-refractivity contribution in [3.63, 3.8) is 0 Å². The van der Waals surface area contributed by atoms with Crippen molar-refractivity contribution in [1.29, 1.82) is 0 Å². The zero-order valence-corrected chi connectivity index (χ0v) is 8.43. The van der Waals surface area contributed by atoms with Crippen LogP contribution in [0.5, 0.6) is 5.75 Å². The van der Waals surface area contributed by atoms with E-state index in [0.29, 0.717) is 0 Å². The molecule has 0 saturated carbocycles. The molecule has 2 unspecified atom stereocenters. The molecular formula is C12H12O3. The Morgan fingerprint density at radius 2 is 2.00 bits per heavy atom. The van der Waals surface area contributed by atoms with Crippen LogP contribution in [0, 0.1) is 0 Å². The minimum absolute atomic E-state index is 0.00208. The van der Waals surface area contributed by atoms with Gasteiger partial charge in [-0.1, -0.05) is 18.2 Å². The Balaban J connectivity index is 2.23. The highest BCUT2D eigenvalue weighted by molar-refractivity contribution is 5.54. The Kier molecular flexibility index (Phi) is 1.84. The van der Waals surface area contributed by atoms with Crippen molar-refractivity contribution in [2.75, 3.05) is 7.11 Å². The first-order chi connectivity index (χ1) is 7.35. The average Bonchev–Trinajstić information content (AvgIpc) is 2.88. The molecule has 0 fully saturated rings. The smallest absolute Gasteiger partial charge is 0.125 e. The quantitative estimate of drug-likeness (QED) is 0.747. The van der Waals surface area contributed by atoms with Crippen molar-refractivity contribution in [2.45, 2.75) is 18.8 Å². The molecule has 0 aliphatic carbocycles. The lowest BCUT2D eigenvalue weighted by molar-refractivity contribution is 0.0862. The fourth-order valence-electron chi connectivity index (χ4n) is 2.39. The number of aliphatic hydroxyl groups is 1. The Hall–Kier alpha value is -1.32. The molecule has 0 radical (unpaired) electrons. The van der Waals surface area contributed by atoms with E-state index >= 15 is 0 Å². The van der Waals surface area contributed by atoms with Crippen LogP contribution in [0.25, 0.3) is 0 Å². The van der Waals surface area contributed by atoms with Crippen LogP contribution in [-0.4, -0.2) is 12.2 Å². The van der Waals surface area contributed by atoms with Gasteiger partial charge in [-0.25, -0.2) is 0 Å². The van der Waals surface area contributed by atoms with Crippen LogP contribution >= 0.6 is 0 Å². The van der Waals surface area contributed by atoms with Crippen LogP contribution in [0.2, 0.25) is 0 Å². The number of ether oxygens (including phenoxy) is 2. The van der Waals surface area contributed by atoms with E-state index in [4.69, 9.17) is 9.47 Å². The molecule has 78 valence electrons. The third kappa shape index (κ3) is 1.07. The monoisotopic (exact) mass is 204 g/mol. The molecule has 2 aliphatic heterocycles. The number of benzene rings is 1. The van der Waals surface area contributed by atoms with Gasteiger partial charge in [0.15, 0.2) is 0 Å². The van der Waals surface area contributed by atoms with E-state index in [-0.39, 0.29) is 18.8 Å². The summed E-state index contributed by atoms with van der Waals surface area (Å²) in [5, 5.41) is 9.27. The molecule has 2 aliphatic rings. The average molecular weight is 204 g/mol. The molecule has 1 N–H and O–H groups in total.